The summed E-state index contributed by atoms with van der Waals surface area (Å²) in [5.41, 5.74) is 0. The van der Waals surface area contributed by atoms with Gasteiger partial charge in [0, 0.05) is 9.40 Å². The molecule has 3 nitrogen and oxygen atoms in total. The van der Waals surface area contributed by atoms with E-state index < -0.39 is 0 Å². The first-order chi connectivity index (χ1) is 5.09. The summed E-state index contributed by atoms with van der Waals surface area (Å²) < 4.78 is 1.28. The van der Waals surface area contributed by atoms with Crippen molar-refractivity contribution in [1.29, 1.82) is 0 Å². The first-order valence-electron chi connectivity index (χ1n) is 2.65. The second-order valence-corrected chi connectivity index (χ2v) is 4.42. The Morgan fingerprint density at radius 2 is 2.45 bits per heavy atom. The SMILES string of the molecule is O=[N+]([O-])Cc1cc(Br)c(Cl)s1. The molecule has 0 bridgehead atoms. The van der Waals surface area contributed by atoms with Gasteiger partial charge in [0.05, 0.1) is 4.88 Å². The largest absolute Gasteiger partial charge is 0.264 e. The lowest BCUT2D eigenvalue weighted by Crippen LogP contribution is -1.94. The highest BCUT2D eigenvalue weighted by Crippen LogP contribution is 2.32. The Labute approximate surface area is 80.3 Å². The molecule has 0 radical (unpaired) electrons. The van der Waals surface area contributed by atoms with Crippen LogP contribution < -0.4 is 0 Å². The third-order valence-corrected chi connectivity index (χ3v) is 3.44. The third-order valence-electron chi connectivity index (χ3n) is 0.981. The minimum absolute atomic E-state index is 0.157. The molecule has 0 fully saturated rings. The number of nitro groups is 1. The number of halogens is 2. The molecule has 0 saturated carbocycles. The van der Waals surface area contributed by atoms with E-state index in [9.17, 15) is 10.1 Å². The summed E-state index contributed by atoms with van der Waals surface area (Å²) in [5.74, 6) is 0. The summed E-state index contributed by atoms with van der Waals surface area (Å²) in [6.45, 7) is -0.157. The zero-order valence-electron chi connectivity index (χ0n) is 5.21. The lowest BCUT2D eigenvalue weighted by molar-refractivity contribution is -0.496. The van der Waals surface area contributed by atoms with E-state index >= 15 is 0 Å². The Kier molecular flexibility index (Phi) is 2.86. The molecule has 0 aliphatic carbocycles. The van der Waals surface area contributed by atoms with Crippen molar-refractivity contribution in [2.75, 3.05) is 0 Å². The number of thiophene rings is 1. The minimum Gasteiger partial charge on any atom is -0.264 e. The van der Waals surface area contributed by atoms with Crippen molar-refractivity contribution in [2.45, 2.75) is 6.54 Å². The lowest BCUT2D eigenvalue weighted by Gasteiger charge is -1.84. The molecule has 11 heavy (non-hydrogen) atoms. The molecule has 6 heteroatoms. The van der Waals surface area contributed by atoms with Gasteiger partial charge in [0.15, 0.2) is 0 Å². The lowest BCUT2D eigenvalue weighted by atomic mass is 10.5. The first-order valence-corrected chi connectivity index (χ1v) is 4.64. The first kappa shape index (κ1) is 8.96. The van der Waals surface area contributed by atoms with E-state index in [1.54, 1.807) is 6.07 Å². The number of nitrogens with zero attached hydrogens (tertiary/aromatic N) is 1. The van der Waals surface area contributed by atoms with Gasteiger partial charge in [0.1, 0.15) is 4.34 Å². The van der Waals surface area contributed by atoms with E-state index in [0.717, 1.165) is 4.47 Å². The number of hydrogen-bond acceptors (Lipinski definition) is 3. The van der Waals surface area contributed by atoms with E-state index in [-0.39, 0.29) is 11.5 Å². The van der Waals surface area contributed by atoms with Crippen LogP contribution in [-0.4, -0.2) is 4.92 Å². The molecule has 0 aromatic carbocycles. The van der Waals surface area contributed by atoms with Gasteiger partial charge in [-0.05, 0) is 22.0 Å². The van der Waals surface area contributed by atoms with Crippen molar-refractivity contribution in [1.82, 2.24) is 0 Å². The fourth-order valence-corrected chi connectivity index (χ4v) is 2.35. The maximum Gasteiger partial charge on any atom is 0.238 e. The normalized spacial score (nSPS) is 10.0. The van der Waals surface area contributed by atoms with Crippen LogP contribution in [0.25, 0.3) is 0 Å². The van der Waals surface area contributed by atoms with Crippen LogP contribution in [0.15, 0.2) is 10.5 Å². The van der Waals surface area contributed by atoms with Crippen LogP contribution in [0.2, 0.25) is 4.34 Å². The molecule has 1 aromatic heterocycles. The van der Waals surface area contributed by atoms with Gasteiger partial charge in [-0.15, -0.1) is 11.3 Å². The zero-order chi connectivity index (χ0) is 8.43. The highest BCUT2D eigenvalue weighted by atomic mass is 79.9. The van der Waals surface area contributed by atoms with Crippen LogP contribution in [0.1, 0.15) is 4.88 Å². The Hall–Kier alpha value is -0.130. The molecule has 0 amide bonds. The molecule has 0 N–H and O–H groups in total. The van der Waals surface area contributed by atoms with E-state index in [1.807, 2.05) is 0 Å². The summed E-state index contributed by atoms with van der Waals surface area (Å²) in [6, 6.07) is 1.66. The maximum absolute atomic E-state index is 10.0. The second kappa shape index (κ2) is 3.51. The standard InChI is InChI=1S/C5H3BrClNO2S/c6-4-1-3(2-8(9)10)11-5(4)7/h1H,2H2. The van der Waals surface area contributed by atoms with Gasteiger partial charge in [-0.1, -0.05) is 11.6 Å². The van der Waals surface area contributed by atoms with Gasteiger partial charge < -0.3 is 0 Å². The van der Waals surface area contributed by atoms with Crippen LogP contribution in [0.3, 0.4) is 0 Å². The number of rotatable bonds is 2. The van der Waals surface area contributed by atoms with Crippen molar-refractivity contribution in [3.8, 4) is 0 Å². The van der Waals surface area contributed by atoms with Crippen LogP contribution in [0.5, 0.6) is 0 Å². The Morgan fingerprint density at radius 3 is 2.82 bits per heavy atom. The Balaban J connectivity index is 2.81. The molecule has 60 valence electrons. The van der Waals surface area contributed by atoms with Crippen LogP contribution in [0.4, 0.5) is 0 Å². The van der Waals surface area contributed by atoms with Crippen molar-refractivity contribution >= 4 is 38.9 Å². The molecule has 0 unspecified atom stereocenters. The Morgan fingerprint density at radius 1 is 1.82 bits per heavy atom. The van der Waals surface area contributed by atoms with E-state index in [4.69, 9.17) is 11.6 Å². The van der Waals surface area contributed by atoms with Crippen molar-refractivity contribution in [2.24, 2.45) is 0 Å². The van der Waals surface area contributed by atoms with E-state index in [2.05, 4.69) is 15.9 Å². The molecule has 0 aliphatic rings. The van der Waals surface area contributed by atoms with Crippen LogP contribution in [-0.2, 0) is 6.54 Å². The fourth-order valence-electron chi connectivity index (χ4n) is 0.597. The zero-order valence-corrected chi connectivity index (χ0v) is 8.37. The number of hydrogen-bond donors (Lipinski definition) is 0. The molecule has 0 spiro atoms. The molecular formula is C5H3BrClNO2S. The minimum atomic E-state index is -0.380. The van der Waals surface area contributed by atoms with Gasteiger partial charge in [0.25, 0.3) is 0 Å². The summed E-state index contributed by atoms with van der Waals surface area (Å²) >= 11 is 10.0. The molecular weight excluding hydrogens is 253 g/mol. The maximum atomic E-state index is 10.0. The van der Waals surface area contributed by atoms with E-state index in [0.29, 0.717) is 9.21 Å². The van der Waals surface area contributed by atoms with Crippen molar-refractivity contribution in [3.05, 3.63) is 29.9 Å². The van der Waals surface area contributed by atoms with Crippen LogP contribution >= 0.6 is 38.9 Å². The molecule has 1 heterocycles. The van der Waals surface area contributed by atoms with Crippen molar-refractivity contribution in [3.63, 3.8) is 0 Å². The summed E-state index contributed by atoms with van der Waals surface area (Å²) in [7, 11) is 0. The van der Waals surface area contributed by atoms with Gasteiger partial charge in [-0.25, -0.2) is 0 Å². The fraction of sp³-hybridized carbons (Fsp3) is 0.200. The highest BCUT2D eigenvalue weighted by molar-refractivity contribution is 9.10. The quantitative estimate of drug-likeness (QED) is 0.603. The third kappa shape index (κ3) is 2.43. The van der Waals surface area contributed by atoms with Gasteiger partial charge in [0.2, 0.25) is 6.54 Å². The van der Waals surface area contributed by atoms with E-state index in [1.165, 1.54) is 11.3 Å². The molecule has 1 aromatic rings. The summed E-state index contributed by atoms with van der Waals surface area (Å²) in [6.07, 6.45) is 0. The smallest absolute Gasteiger partial charge is 0.238 e. The predicted molar refractivity (Wildman–Crippen MR) is 47.7 cm³/mol. The van der Waals surface area contributed by atoms with Crippen LogP contribution in [0, 0.1) is 10.1 Å². The molecule has 0 atom stereocenters. The van der Waals surface area contributed by atoms with Gasteiger partial charge >= 0.3 is 0 Å². The highest BCUT2D eigenvalue weighted by Gasteiger charge is 2.08. The average Bonchev–Trinajstić information content (AvgIpc) is 2.10. The van der Waals surface area contributed by atoms with Gasteiger partial charge in [-0.3, -0.25) is 10.1 Å². The summed E-state index contributed by atoms with van der Waals surface area (Å²) in [4.78, 5) is 10.3. The summed E-state index contributed by atoms with van der Waals surface area (Å²) in [5, 5.41) is 10.0. The average molecular weight is 257 g/mol. The Bertz CT molecular complexity index is 269. The van der Waals surface area contributed by atoms with Gasteiger partial charge in [-0.2, -0.15) is 0 Å². The monoisotopic (exact) mass is 255 g/mol. The molecule has 0 aliphatic heterocycles. The molecule has 0 saturated heterocycles. The second-order valence-electron chi connectivity index (χ2n) is 1.83. The van der Waals surface area contributed by atoms with Crippen molar-refractivity contribution < 1.29 is 4.92 Å². The predicted octanol–water partition coefficient (Wildman–Crippen LogP) is 2.94. The topological polar surface area (TPSA) is 43.1 Å². The molecule has 1 rings (SSSR count).